The standard InChI is InChI=1S/C11H21N3S/c1-7(2)8(12)6-9-13-10(14-15-9)11(3,4)5/h7-8H,6,12H2,1-5H3. The quantitative estimate of drug-likeness (QED) is 0.862. The molecule has 0 radical (unpaired) electrons. The van der Waals surface area contributed by atoms with Gasteiger partial charge in [0.05, 0.1) is 0 Å². The molecule has 4 heteroatoms. The molecule has 2 N–H and O–H groups in total. The molecule has 1 unspecified atom stereocenters. The maximum absolute atomic E-state index is 6.01. The van der Waals surface area contributed by atoms with E-state index in [2.05, 4.69) is 44.0 Å². The Morgan fingerprint density at radius 1 is 1.33 bits per heavy atom. The molecule has 15 heavy (non-hydrogen) atoms. The van der Waals surface area contributed by atoms with E-state index in [9.17, 15) is 0 Å². The van der Waals surface area contributed by atoms with E-state index >= 15 is 0 Å². The first-order chi connectivity index (χ1) is 6.80. The molecular formula is C11H21N3S. The molecular weight excluding hydrogens is 206 g/mol. The molecule has 0 aliphatic carbocycles. The molecule has 0 amide bonds. The van der Waals surface area contributed by atoms with Gasteiger partial charge in [0, 0.05) is 17.9 Å². The summed E-state index contributed by atoms with van der Waals surface area (Å²) in [4.78, 5) is 4.53. The lowest BCUT2D eigenvalue weighted by molar-refractivity contribution is 0.487. The number of nitrogens with zero attached hydrogens (tertiary/aromatic N) is 2. The van der Waals surface area contributed by atoms with Gasteiger partial charge < -0.3 is 5.73 Å². The van der Waals surface area contributed by atoms with Gasteiger partial charge in [-0.1, -0.05) is 34.6 Å². The van der Waals surface area contributed by atoms with Crippen molar-refractivity contribution < 1.29 is 0 Å². The van der Waals surface area contributed by atoms with Crippen LogP contribution in [0.4, 0.5) is 0 Å². The van der Waals surface area contributed by atoms with Crippen molar-refractivity contribution in [2.45, 2.75) is 52.5 Å². The van der Waals surface area contributed by atoms with Crippen LogP contribution in [0, 0.1) is 5.92 Å². The number of hydrogen-bond donors (Lipinski definition) is 1. The van der Waals surface area contributed by atoms with Crippen molar-refractivity contribution in [1.29, 1.82) is 0 Å². The second-order valence-corrected chi connectivity index (χ2v) is 6.21. The first kappa shape index (κ1) is 12.6. The molecule has 0 fully saturated rings. The predicted octanol–water partition coefficient (Wildman–Crippen LogP) is 2.36. The summed E-state index contributed by atoms with van der Waals surface area (Å²) in [5.41, 5.74) is 6.04. The zero-order chi connectivity index (χ0) is 11.6. The number of nitrogens with two attached hydrogens (primary N) is 1. The van der Waals surface area contributed by atoms with Crippen LogP contribution in [0.2, 0.25) is 0 Å². The SMILES string of the molecule is CC(C)C(N)Cc1nc(C(C)(C)C)ns1. The van der Waals surface area contributed by atoms with E-state index in [0.717, 1.165) is 17.3 Å². The van der Waals surface area contributed by atoms with Gasteiger partial charge >= 0.3 is 0 Å². The van der Waals surface area contributed by atoms with E-state index in [0.29, 0.717) is 5.92 Å². The van der Waals surface area contributed by atoms with E-state index in [4.69, 9.17) is 5.73 Å². The Labute approximate surface area is 96.3 Å². The predicted molar refractivity (Wildman–Crippen MR) is 65.1 cm³/mol. The molecule has 1 aromatic heterocycles. The Bertz CT molecular complexity index is 312. The lowest BCUT2D eigenvalue weighted by Gasteiger charge is -2.14. The average Bonchev–Trinajstić information content (AvgIpc) is 2.51. The third kappa shape index (κ3) is 3.54. The smallest absolute Gasteiger partial charge is 0.147 e. The Kier molecular flexibility index (Phi) is 3.84. The molecule has 0 saturated heterocycles. The molecule has 1 rings (SSSR count). The van der Waals surface area contributed by atoms with Crippen molar-refractivity contribution in [1.82, 2.24) is 9.36 Å². The number of hydrogen-bond acceptors (Lipinski definition) is 4. The van der Waals surface area contributed by atoms with Crippen molar-refractivity contribution in [2.24, 2.45) is 11.7 Å². The van der Waals surface area contributed by atoms with Gasteiger partial charge in [-0.05, 0) is 17.5 Å². The van der Waals surface area contributed by atoms with Crippen molar-refractivity contribution in [3.8, 4) is 0 Å². The Balaban J connectivity index is 2.69. The fourth-order valence-corrected chi connectivity index (χ4v) is 1.98. The van der Waals surface area contributed by atoms with Crippen molar-refractivity contribution >= 4 is 11.5 Å². The molecule has 1 atom stereocenters. The van der Waals surface area contributed by atoms with E-state index < -0.39 is 0 Å². The largest absolute Gasteiger partial charge is 0.327 e. The summed E-state index contributed by atoms with van der Waals surface area (Å²) in [5.74, 6) is 1.42. The third-order valence-corrected chi connectivity index (χ3v) is 3.14. The minimum absolute atomic E-state index is 0.0384. The van der Waals surface area contributed by atoms with E-state index in [-0.39, 0.29) is 11.5 Å². The molecule has 0 aromatic carbocycles. The highest BCUT2D eigenvalue weighted by atomic mass is 32.1. The summed E-state index contributed by atoms with van der Waals surface area (Å²) in [5, 5.41) is 1.06. The summed E-state index contributed by atoms with van der Waals surface area (Å²) in [6.07, 6.45) is 0.839. The van der Waals surface area contributed by atoms with E-state index in [1.165, 1.54) is 11.5 Å². The fourth-order valence-electron chi connectivity index (χ4n) is 1.08. The number of rotatable bonds is 3. The highest BCUT2D eigenvalue weighted by Gasteiger charge is 2.20. The zero-order valence-corrected chi connectivity index (χ0v) is 11.1. The van der Waals surface area contributed by atoms with Gasteiger partial charge in [0.25, 0.3) is 0 Å². The maximum atomic E-state index is 6.01. The van der Waals surface area contributed by atoms with Gasteiger partial charge in [0.1, 0.15) is 10.8 Å². The van der Waals surface area contributed by atoms with Gasteiger partial charge in [-0.15, -0.1) is 0 Å². The lowest BCUT2D eigenvalue weighted by Crippen LogP contribution is -2.28. The van der Waals surface area contributed by atoms with E-state index in [1.54, 1.807) is 0 Å². The molecule has 0 bridgehead atoms. The monoisotopic (exact) mass is 227 g/mol. The lowest BCUT2D eigenvalue weighted by atomic mass is 9.96. The molecule has 1 heterocycles. The first-order valence-corrected chi connectivity index (χ1v) is 6.16. The summed E-state index contributed by atoms with van der Waals surface area (Å²) in [6, 6.07) is 0.186. The maximum Gasteiger partial charge on any atom is 0.147 e. The van der Waals surface area contributed by atoms with Crippen LogP contribution in [0.5, 0.6) is 0 Å². The molecule has 0 aliphatic heterocycles. The summed E-state index contributed by atoms with van der Waals surface area (Å²) in [7, 11) is 0. The molecule has 86 valence electrons. The molecule has 3 nitrogen and oxygen atoms in total. The number of aromatic nitrogens is 2. The van der Waals surface area contributed by atoms with Gasteiger partial charge in [-0.2, -0.15) is 4.37 Å². The Morgan fingerprint density at radius 3 is 2.33 bits per heavy atom. The summed E-state index contributed by atoms with van der Waals surface area (Å²) >= 11 is 1.48. The minimum atomic E-state index is 0.0384. The van der Waals surface area contributed by atoms with Crippen molar-refractivity contribution in [3.05, 3.63) is 10.8 Å². The van der Waals surface area contributed by atoms with Gasteiger partial charge in [-0.3, -0.25) is 0 Å². The molecule has 0 spiro atoms. The van der Waals surface area contributed by atoms with Gasteiger partial charge in [0.2, 0.25) is 0 Å². The molecule has 0 aliphatic rings. The fraction of sp³-hybridized carbons (Fsp3) is 0.818. The van der Waals surface area contributed by atoms with Crippen LogP contribution in [-0.4, -0.2) is 15.4 Å². The normalized spacial score (nSPS) is 14.6. The van der Waals surface area contributed by atoms with Gasteiger partial charge in [-0.25, -0.2) is 4.98 Å². The Hall–Kier alpha value is -0.480. The molecule has 0 saturated carbocycles. The van der Waals surface area contributed by atoms with Crippen LogP contribution in [0.25, 0.3) is 0 Å². The van der Waals surface area contributed by atoms with Crippen LogP contribution < -0.4 is 5.73 Å². The zero-order valence-electron chi connectivity index (χ0n) is 10.2. The first-order valence-electron chi connectivity index (χ1n) is 5.39. The molecule has 1 aromatic rings. The van der Waals surface area contributed by atoms with Crippen LogP contribution in [0.1, 0.15) is 45.5 Å². The van der Waals surface area contributed by atoms with Crippen molar-refractivity contribution in [2.75, 3.05) is 0 Å². The van der Waals surface area contributed by atoms with Crippen molar-refractivity contribution in [3.63, 3.8) is 0 Å². The topological polar surface area (TPSA) is 51.8 Å². The van der Waals surface area contributed by atoms with E-state index in [1.807, 2.05) is 0 Å². The van der Waals surface area contributed by atoms with Crippen LogP contribution in [-0.2, 0) is 11.8 Å². The summed E-state index contributed by atoms with van der Waals surface area (Å²) in [6.45, 7) is 10.6. The summed E-state index contributed by atoms with van der Waals surface area (Å²) < 4.78 is 4.37. The van der Waals surface area contributed by atoms with Crippen LogP contribution in [0.3, 0.4) is 0 Å². The van der Waals surface area contributed by atoms with Crippen LogP contribution in [0.15, 0.2) is 0 Å². The van der Waals surface area contributed by atoms with Crippen LogP contribution >= 0.6 is 11.5 Å². The highest BCUT2D eigenvalue weighted by Crippen LogP contribution is 2.21. The second-order valence-electron chi connectivity index (χ2n) is 5.37. The highest BCUT2D eigenvalue weighted by molar-refractivity contribution is 7.05. The second kappa shape index (κ2) is 4.58. The Morgan fingerprint density at radius 2 is 1.93 bits per heavy atom. The third-order valence-electron chi connectivity index (χ3n) is 2.41. The average molecular weight is 227 g/mol. The minimum Gasteiger partial charge on any atom is -0.327 e. The van der Waals surface area contributed by atoms with Gasteiger partial charge in [0.15, 0.2) is 0 Å².